The number of aliphatic carboxylic acids is 3. The van der Waals surface area contributed by atoms with Crippen LogP contribution in [0.1, 0.15) is 13.8 Å². The molecule has 1 unspecified atom stereocenters. The third kappa shape index (κ3) is 13.0. The molecule has 2 rings (SSSR count). The molecule has 0 saturated heterocycles. The highest BCUT2D eigenvalue weighted by atomic mass is 31.2. The van der Waals surface area contributed by atoms with E-state index < -0.39 is 38.8 Å². The predicted octanol–water partition coefficient (Wildman–Crippen LogP) is 1.77. The standard InChI is InChI=1S/C27H38N3O11P/c1-3-30(4-2)22(15-28(16-25(31)32)13-14-29(17-26(33)34)18-27(35)36)19-40-23-9-5-20(6-10-23)21-7-11-24(12-8-21)41-42(37,38)39/h5-12,22H,3-4,13-19H2,1-2H3,(H,31,32)(H,33,34)(H,35,36)(H2,37,38,39). The van der Waals surface area contributed by atoms with Crippen molar-refractivity contribution < 1.29 is 53.3 Å². The summed E-state index contributed by atoms with van der Waals surface area (Å²) in [6, 6.07) is 13.3. The van der Waals surface area contributed by atoms with Gasteiger partial charge < -0.3 is 24.6 Å². The van der Waals surface area contributed by atoms with Crippen molar-refractivity contribution >= 4 is 25.7 Å². The molecule has 1 atom stereocenters. The second-order valence-electron chi connectivity index (χ2n) is 9.44. The van der Waals surface area contributed by atoms with E-state index in [0.717, 1.165) is 11.1 Å². The molecule has 14 nitrogen and oxygen atoms in total. The SMILES string of the molecule is CCN(CC)C(COc1ccc(-c2ccc(OP(=O)(O)O)cc2)cc1)CN(CCN(CC(=O)O)CC(=O)O)CC(=O)O. The van der Waals surface area contributed by atoms with E-state index in [2.05, 4.69) is 9.42 Å². The Labute approximate surface area is 243 Å². The minimum Gasteiger partial charge on any atom is -0.492 e. The van der Waals surface area contributed by atoms with Crippen LogP contribution < -0.4 is 9.26 Å². The van der Waals surface area contributed by atoms with Crippen LogP contribution >= 0.6 is 7.82 Å². The van der Waals surface area contributed by atoms with Gasteiger partial charge in [0.05, 0.1) is 25.7 Å². The number of rotatable bonds is 20. The first kappa shape index (κ1) is 34.7. The third-order valence-corrected chi connectivity index (χ3v) is 6.76. The zero-order chi connectivity index (χ0) is 31.3. The number of nitrogens with zero attached hydrogens (tertiary/aromatic N) is 3. The van der Waals surface area contributed by atoms with E-state index in [9.17, 15) is 24.1 Å². The molecule has 0 aliphatic carbocycles. The van der Waals surface area contributed by atoms with E-state index in [-0.39, 0.29) is 38.0 Å². The highest BCUT2D eigenvalue weighted by molar-refractivity contribution is 7.46. The highest BCUT2D eigenvalue weighted by Crippen LogP contribution is 2.38. The van der Waals surface area contributed by atoms with Crippen molar-refractivity contribution in [3.63, 3.8) is 0 Å². The lowest BCUT2D eigenvalue weighted by Crippen LogP contribution is -2.50. The zero-order valence-electron chi connectivity index (χ0n) is 23.5. The first-order valence-corrected chi connectivity index (χ1v) is 14.7. The number of hydrogen-bond acceptors (Lipinski definition) is 9. The Morgan fingerprint density at radius 3 is 1.60 bits per heavy atom. The highest BCUT2D eigenvalue weighted by Gasteiger charge is 2.23. The molecule has 0 aliphatic rings. The van der Waals surface area contributed by atoms with E-state index in [4.69, 9.17) is 24.7 Å². The topological polar surface area (TPSA) is 198 Å². The van der Waals surface area contributed by atoms with Crippen molar-refractivity contribution in [2.45, 2.75) is 19.9 Å². The van der Waals surface area contributed by atoms with Gasteiger partial charge in [0.15, 0.2) is 0 Å². The van der Waals surface area contributed by atoms with Crippen LogP contribution in [-0.2, 0) is 18.9 Å². The summed E-state index contributed by atoms with van der Waals surface area (Å²) in [4.78, 5) is 56.7. The van der Waals surface area contributed by atoms with Crippen molar-refractivity contribution in [3.05, 3.63) is 48.5 Å². The Hall–Kier alpha value is -3.52. The van der Waals surface area contributed by atoms with Gasteiger partial charge in [0.25, 0.3) is 0 Å². The van der Waals surface area contributed by atoms with Gasteiger partial charge in [-0.1, -0.05) is 38.1 Å². The fourth-order valence-corrected chi connectivity index (χ4v) is 4.80. The molecule has 232 valence electrons. The number of carbonyl (C=O) groups is 3. The van der Waals surface area contributed by atoms with Crippen LogP contribution in [0.3, 0.4) is 0 Å². The number of phosphoric acid groups is 1. The molecule has 0 aliphatic heterocycles. The van der Waals surface area contributed by atoms with Gasteiger partial charge in [-0.3, -0.25) is 38.9 Å². The molecule has 42 heavy (non-hydrogen) atoms. The van der Waals surface area contributed by atoms with Gasteiger partial charge in [-0.2, -0.15) is 0 Å². The molecule has 2 aromatic rings. The molecular formula is C27H38N3O11P. The zero-order valence-corrected chi connectivity index (χ0v) is 24.4. The minimum atomic E-state index is -4.64. The summed E-state index contributed by atoms with van der Waals surface area (Å²) in [6.07, 6.45) is 0. The lowest BCUT2D eigenvalue weighted by atomic mass is 10.1. The first-order chi connectivity index (χ1) is 19.8. The molecule has 0 radical (unpaired) electrons. The van der Waals surface area contributed by atoms with Crippen LogP contribution in [0.2, 0.25) is 0 Å². The monoisotopic (exact) mass is 611 g/mol. The van der Waals surface area contributed by atoms with Gasteiger partial charge in [0.1, 0.15) is 18.1 Å². The van der Waals surface area contributed by atoms with E-state index in [1.54, 1.807) is 29.2 Å². The largest absolute Gasteiger partial charge is 0.524 e. The summed E-state index contributed by atoms with van der Waals surface area (Å²) < 4.78 is 21.6. The number of phosphoric ester groups is 1. The average Bonchev–Trinajstić information content (AvgIpc) is 2.89. The van der Waals surface area contributed by atoms with Gasteiger partial charge in [0, 0.05) is 19.6 Å². The summed E-state index contributed by atoms with van der Waals surface area (Å²) in [5, 5.41) is 27.7. The number of likely N-dealkylation sites (N-methyl/N-ethyl adjacent to an activating group) is 1. The number of ether oxygens (including phenoxy) is 1. The summed E-state index contributed by atoms with van der Waals surface area (Å²) in [5.74, 6) is -2.78. The molecule has 0 spiro atoms. The van der Waals surface area contributed by atoms with Crippen molar-refractivity contribution in [2.75, 3.05) is 59.0 Å². The lowest BCUT2D eigenvalue weighted by molar-refractivity contribution is -0.143. The van der Waals surface area contributed by atoms with Crippen molar-refractivity contribution in [1.29, 1.82) is 0 Å². The van der Waals surface area contributed by atoms with Gasteiger partial charge in [-0.05, 0) is 48.5 Å². The molecule has 0 aromatic heterocycles. The van der Waals surface area contributed by atoms with Crippen molar-refractivity contribution in [2.24, 2.45) is 0 Å². The maximum absolute atomic E-state index is 11.6. The van der Waals surface area contributed by atoms with Crippen LogP contribution in [0.25, 0.3) is 11.1 Å². The molecule has 0 fully saturated rings. The first-order valence-electron chi connectivity index (χ1n) is 13.2. The third-order valence-electron chi connectivity index (χ3n) is 6.32. The molecule has 0 heterocycles. The molecule has 0 bridgehead atoms. The normalized spacial score (nSPS) is 12.5. The maximum atomic E-state index is 11.6. The van der Waals surface area contributed by atoms with Crippen LogP contribution in [0.15, 0.2) is 48.5 Å². The van der Waals surface area contributed by atoms with Gasteiger partial charge in [-0.15, -0.1) is 0 Å². The Morgan fingerprint density at radius 2 is 1.17 bits per heavy atom. The summed E-state index contributed by atoms with van der Waals surface area (Å²) in [5.41, 5.74) is 1.63. The van der Waals surface area contributed by atoms with Gasteiger partial charge in [0.2, 0.25) is 0 Å². The Kier molecular flexibility index (Phi) is 13.9. The molecular weight excluding hydrogens is 573 g/mol. The van der Waals surface area contributed by atoms with E-state index in [0.29, 0.717) is 25.4 Å². The predicted molar refractivity (Wildman–Crippen MR) is 153 cm³/mol. The van der Waals surface area contributed by atoms with Crippen molar-refractivity contribution in [1.82, 2.24) is 14.7 Å². The maximum Gasteiger partial charge on any atom is 0.524 e. The average molecular weight is 612 g/mol. The van der Waals surface area contributed by atoms with Crippen LogP contribution in [0, 0.1) is 0 Å². The molecule has 15 heteroatoms. The summed E-state index contributed by atoms with van der Waals surface area (Å²) in [6.45, 7) is 4.79. The fraction of sp³-hybridized carbons (Fsp3) is 0.444. The summed E-state index contributed by atoms with van der Waals surface area (Å²) >= 11 is 0. The smallest absolute Gasteiger partial charge is 0.492 e. The summed E-state index contributed by atoms with van der Waals surface area (Å²) in [7, 11) is -4.64. The Morgan fingerprint density at radius 1 is 0.738 bits per heavy atom. The lowest BCUT2D eigenvalue weighted by Gasteiger charge is -2.34. The molecule has 0 amide bonds. The molecule has 0 saturated carbocycles. The fourth-order valence-electron chi connectivity index (χ4n) is 4.40. The molecule has 2 aromatic carbocycles. The quantitative estimate of drug-likeness (QED) is 0.136. The Bertz CT molecular complexity index is 1180. The van der Waals surface area contributed by atoms with Gasteiger partial charge in [-0.25, -0.2) is 4.57 Å². The second kappa shape index (κ2) is 16.8. The van der Waals surface area contributed by atoms with Crippen molar-refractivity contribution in [3.8, 4) is 22.6 Å². The number of hydrogen-bond donors (Lipinski definition) is 5. The van der Waals surface area contributed by atoms with Crippen LogP contribution in [0.4, 0.5) is 0 Å². The van der Waals surface area contributed by atoms with E-state index in [1.807, 2.05) is 26.0 Å². The number of carboxylic acids is 3. The Balaban J connectivity index is 2.10. The number of benzene rings is 2. The second-order valence-corrected chi connectivity index (χ2v) is 10.6. The van der Waals surface area contributed by atoms with E-state index >= 15 is 0 Å². The van der Waals surface area contributed by atoms with Crippen LogP contribution in [0.5, 0.6) is 11.5 Å². The van der Waals surface area contributed by atoms with E-state index in [1.165, 1.54) is 17.0 Å². The van der Waals surface area contributed by atoms with Gasteiger partial charge >= 0.3 is 25.7 Å². The van der Waals surface area contributed by atoms with Crippen LogP contribution in [-0.4, -0.2) is 123 Å². The minimum absolute atomic E-state index is 0.0444. The number of carboxylic acid groups (broad SMARTS) is 3. The molecule has 5 N–H and O–H groups in total.